The molecule has 1 aromatic carbocycles. The predicted octanol–water partition coefficient (Wildman–Crippen LogP) is 2.47. The summed E-state index contributed by atoms with van der Waals surface area (Å²) in [5.41, 5.74) is 4.26. The fraction of sp³-hybridized carbons (Fsp3) is 0.467. The smallest absolute Gasteiger partial charge is 0.338 e. The van der Waals surface area contributed by atoms with Crippen molar-refractivity contribution in [1.29, 1.82) is 0 Å². The molecule has 0 amide bonds. The van der Waals surface area contributed by atoms with Crippen LogP contribution in [0, 0.1) is 12.3 Å². The van der Waals surface area contributed by atoms with Crippen LogP contribution < -0.4 is 0 Å². The Bertz CT molecular complexity index is 582. The first kappa shape index (κ1) is 11.5. The Morgan fingerprint density at radius 2 is 1.89 bits per heavy atom. The van der Waals surface area contributed by atoms with Gasteiger partial charge in [0.1, 0.15) is 0 Å². The van der Waals surface area contributed by atoms with E-state index in [2.05, 4.69) is 0 Å². The lowest BCUT2D eigenvalue weighted by molar-refractivity contribution is 0.0479. The number of fused-ring (bicyclic) bond motifs is 2. The second-order valence-corrected chi connectivity index (χ2v) is 5.83. The summed E-state index contributed by atoms with van der Waals surface area (Å²) >= 11 is 0. The van der Waals surface area contributed by atoms with Gasteiger partial charge in [-0.05, 0) is 36.1 Å². The van der Waals surface area contributed by atoms with Crippen LogP contribution in [0.5, 0.6) is 0 Å². The molecule has 3 rings (SSSR count). The van der Waals surface area contributed by atoms with Gasteiger partial charge in [0.15, 0.2) is 5.78 Å². The monoisotopic (exact) mass is 244 g/mol. The van der Waals surface area contributed by atoms with Crippen molar-refractivity contribution in [2.75, 3.05) is 6.61 Å². The fourth-order valence-electron chi connectivity index (χ4n) is 3.05. The maximum Gasteiger partial charge on any atom is 0.338 e. The zero-order valence-corrected chi connectivity index (χ0v) is 10.9. The molecule has 1 aliphatic heterocycles. The van der Waals surface area contributed by atoms with Gasteiger partial charge in [0.05, 0.1) is 12.2 Å². The topological polar surface area (TPSA) is 43.4 Å². The molecule has 0 radical (unpaired) electrons. The third-order valence-corrected chi connectivity index (χ3v) is 4.13. The Balaban J connectivity index is 2.27. The minimum atomic E-state index is -0.346. The van der Waals surface area contributed by atoms with Crippen molar-refractivity contribution in [3.63, 3.8) is 0 Å². The molecule has 2 aliphatic rings. The maximum absolute atomic E-state index is 12.3. The van der Waals surface area contributed by atoms with E-state index in [1.165, 1.54) is 0 Å². The average Bonchev–Trinajstić information content (AvgIpc) is 2.54. The zero-order chi connectivity index (χ0) is 13.1. The molecule has 0 N–H and O–H groups in total. The highest BCUT2D eigenvalue weighted by Crippen LogP contribution is 2.40. The average molecular weight is 244 g/mol. The summed E-state index contributed by atoms with van der Waals surface area (Å²) in [5.74, 6) is -0.151. The minimum Gasteiger partial charge on any atom is -0.462 e. The molecule has 0 atom stereocenters. The number of hydrogen-bond acceptors (Lipinski definition) is 3. The number of ketones is 1. The largest absolute Gasteiger partial charge is 0.462 e. The second kappa shape index (κ2) is 3.44. The van der Waals surface area contributed by atoms with E-state index in [1.807, 2.05) is 20.8 Å². The van der Waals surface area contributed by atoms with Crippen LogP contribution >= 0.6 is 0 Å². The molecule has 3 nitrogen and oxygen atoms in total. The molecule has 3 heteroatoms. The summed E-state index contributed by atoms with van der Waals surface area (Å²) in [7, 11) is 0. The van der Waals surface area contributed by atoms with Crippen LogP contribution in [0.15, 0.2) is 6.07 Å². The standard InChI is InChI=1S/C15H16O3/c1-8-9-4-5-18-14(17)11(9)6-10-12(8)7-15(2,3)13(10)16/h6H,4-5,7H2,1-3H3. The highest BCUT2D eigenvalue weighted by Gasteiger charge is 2.40. The first-order valence-corrected chi connectivity index (χ1v) is 6.29. The van der Waals surface area contributed by atoms with Gasteiger partial charge in [-0.15, -0.1) is 0 Å². The molecule has 0 unspecified atom stereocenters. The molecule has 0 saturated heterocycles. The quantitative estimate of drug-likeness (QED) is 0.658. The van der Waals surface area contributed by atoms with Gasteiger partial charge in [0.2, 0.25) is 0 Å². The number of rotatable bonds is 0. The van der Waals surface area contributed by atoms with Gasteiger partial charge in [-0.1, -0.05) is 13.8 Å². The summed E-state index contributed by atoms with van der Waals surface area (Å²) in [4.78, 5) is 24.1. The SMILES string of the molecule is Cc1c2c(cc3c1CC(C)(C)C3=O)C(=O)OCC2. The van der Waals surface area contributed by atoms with Crippen molar-refractivity contribution in [2.24, 2.45) is 5.41 Å². The number of carbonyl (C=O) groups excluding carboxylic acids is 2. The summed E-state index contributed by atoms with van der Waals surface area (Å²) in [5, 5.41) is 0. The Morgan fingerprint density at radius 1 is 1.17 bits per heavy atom. The Labute approximate surface area is 106 Å². The highest BCUT2D eigenvalue weighted by molar-refractivity contribution is 6.07. The predicted molar refractivity (Wildman–Crippen MR) is 67.0 cm³/mol. The lowest BCUT2D eigenvalue weighted by Crippen LogP contribution is -2.20. The number of cyclic esters (lactones) is 1. The van der Waals surface area contributed by atoms with Gasteiger partial charge < -0.3 is 4.74 Å². The summed E-state index contributed by atoms with van der Waals surface area (Å²) in [6, 6.07) is 1.75. The van der Waals surface area contributed by atoms with E-state index in [9.17, 15) is 9.59 Å². The molecule has 18 heavy (non-hydrogen) atoms. The van der Waals surface area contributed by atoms with E-state index in [0.717, 1.165) is 35.1 Å². The van der Waals surface area contributed by atoms with Crippen molar-refractivity contribution >= 4 is 11.8 Å². The van der Waals surface area contributed by atoms with Crippen molar-refractivity contribution < 1.29 is 14.3 Å². The number of carbonyl (C=O) groups is 2. The van der Waals surface area contributed by atoms with Gasteiger partial charge in [-0.2, -0.15) is 0 Å². The van der Waals surface area contributed by atoms with Crippen molar-refractivity contribution in [2.45, 2.75) is 33.6 Å². The Morgan fingerprint density at radius 3 is 2.61 bits per heavy atom. The molecular weight excluding hydrogens is 228 g/mol. The maximum atomic E-state index is 12.3. The molecule has 0 saturated carbocycles. The van der Waals surface area contributed by atoms with Crippen LogP contribution in [0.25, 0.3) is 0 Å². The molecule has 0 aromatic heterocycles. The van der Waals surface area contributed by atoms with Crippen molar-refractivity contribution in [3.05, 3.63) is 33.9 Å². The summed E-state index contributed by atoms with van der Waals surface area (Å²) < 4.78 is 5.06. The van der Waals surface area contributed by atoms with Gasteiger partial charge >= 0.3 is 5.97 Å². The van der Waals surface area contributed by atoms with E-state index in [1.54, 1.807) is 6.07 Å². The molecule has 0 spiro atoms. The third kappa shape index (κ3) is 1.36. The van der Waals surface area contributed by atoms with E-state index in [0.29, 0.717) is 12.2 Å². The van der Waals surface area contributed by atoms with Gasteiger partial charge in [0.25, 0.3) is 0 Å². The number of ether oxygens (including phenoxy) is 1. The van der Waals surface area contributed by atoms with Crippen LogP contribution in [0.4, 0.5) is 0 Å². The van der Waals surface area contributed by atoms with Crippen LogP contribution in [-0.2, 0) is 17.6 Å². The van der Waals surface area contributed by atoms with Crippen LogP contribution in [0.1, 0.15) is 51.3 Å². The summed E-state index contributed by atoms with van der Waals surface area (Å²) in [6.45, 7) is 6.39. The fourth-order valence-corrected chi connectivity index (χ4v) is 3.05. The first-order valence-electron chi connectivity index (χ1n) is 6.29. The van der Waals surface area contributed by atoms with E-state index in [-0.39, 0.29) is 17.2 Å². The number of esters is 1. The zero-order valence-electron chi connectivity index (χ0n) is 10.9. The Hall–Kier alpha value is -1.64. The van der Waals surface area contributed by atoms with Gasteiger partial charge in [-0.3, -0.25) is 4.79 Å². The number of benzene rings is 1. The Kier molecular flexibility index (Phi) is 2.19. The third-order valence-electron chi connectivity index (χ3n) is 4.13. The molecule has 1 aliphatic carbocycles. The number of Topliss-reactive ketones (excluding diaryl/α,β-unsaturated/α-hetero) is 1. The molecule has 1 aromatic rings. The minimum absolute atomic E-state index is 0.141. The molecule has 94 valence electrons. The molecular formula is C15H16O3. The van der Waals surface area contributed by atoms with Gasteiger partial charge in [-0.25, -0.2) is 4.79 Å². The normalized spacial score (nSPS) is 20.4. The van der Waals surface area contributed by atoms with Crippen molar-refractivity contribution in [3.8, 4) is 0 Å². The first-order chi connectivity index (χ1) is 8.42. The van der Waals surface area contributed by atoms with E-state index < -0.39 is 0 Å². The van der Waals surface area contributed by atoms with Crippen LogP contribution in [0.2, 0.25) is 0 Å². The van der Waals surface area contributed by atoms with E-state index in [4.69, 9.17) is 4.74 Å². The van der Waals surface area contributed by atoms with E-state index >= 15 is 0 Å². The van der Waals surface area contributed by atoms with Crippen LogP contribution in [-0.4, -0.2) is 18.4 Å². The van der Waals surface area contributed by atoms with Gasteiger partial charge in [0, 0.05) is 17.4 Å². The molecule has 1 heterocycles. The lowest BCUT2D eigenvalue weighted by Gasteiger charge is -2.20. The highest BCUT2D eigenvalue weighted by atomic mass is 16.5. The summed E-state index contributed by atoms with van der Waals surface area (Å²) in [6.07, 6.45) is 1.53. The lowest BCUT2D eigenvalue weighted by atomic mass is 9.88. The second-order valence-electron chi connectivity index (χ2n) is 5.83. The number of hydrogen-bond donors (Lipinski definition) is 0. The van der Waals surface area contributed by atoms with Crippen molar-refractivity contribution in [1.82, 2.24) is 0 Å². The molecule has 0 bridgehead atoms. The molecule has 0 fully saturated rings. The van der Waals surface area contributed by atoms with Crippen LogP contribution in [0.3, 0.4) is 0 Å².